The van der Waals surface area contributed by atoms with Crippen LogP contribution in [0.1, 0.15) is 38.5 Å². The van der Waals surface area contributed by atoms with Gasteiger partial charge in [0.25, 0.3) is 0 Å². The fraction of sp³-hybridized carbons (Fsp3) is 0.667. The standard InChI is InChI=1S/C18H38N14/c19-7-1-2-9-27-15(22)31-17(24)29-11-5-6-12-30-18(25)32-16(23)28-10-4-3-8-26-14(21)13-20/h1-12,19H2,(H2,21,26)(H5,22,24,27,29,31)(H5,23,25,28,30,32). The van der Waals surface area contributed by atoms with E-state index in [0.717, 1.165) is 38.5 Å². The van der Waals surface area contributed by atoms with Crippen LogP contribution in [0.5, 0.6) is 0 Å². The topological polar surface area (TPSA) is 266 Å². The summed E-state index contributed by atoms with van der Waals surface area (Å²) in [4.78, 5) is 20.5. The van der Waals surface area contributed by atoms with Crippen LogP contribution in [0.25, 0.3) is 0 Å². The molecule has 14 heteroatoms. The van der Waals surface area contributed by atoms with Gasteiger partial charge in [0.2, 0.25) is 0 Å². The maximum atomic E-state index is 8.49. The van der Waals surface area contributed by atoms with E-state index in [-0.39, 0.29) is 29.7 Å². The highest BCUT2D eigenvalue weighted by Crippen LogP contribution is 1.92. The molecule has 0 spiro atoms. The zero-order chi connectivity index (χ0) is 24.0. The lowest BCUT2D eigenvalue weighted by atomic mass is 10.3. The number of unbranched alkanes of at least 4 members (excludes halogenated alkanes) is 3. The van der Waals surface area contributed by atoms with Crippen LogP contribution < -0.4 is 45.0 Å². The molecule has 0 aliphatic heterocycles. The van der Waals surface area contributed by atoms with E-state index in [1.54, 1.807) is 6.07 Å². The van der Waals surface area contributed by atoms with Crippen LogP contribution in [0.15, 0.2) is 25.0 Å². The third kappa shape index (κ3) is 18.4. The molecule has 0 unspecified atom stereocenters. The predicted octanol–water partition coefficient (Wildman–Crippen LogP) is -2.40. The molecule has 0 aromatic rings. The minimum Gasteiger partial charge on any atom is -0.375 e. The van der Waals surface area contributed by atoms with Crippen molar-refractivity contribution in [3.05, 3.63) is 0 Å². The fourth-order valence-corrected chi connectivity index (χ4v) is 2.16. The van der Waals surface area contributed by atoms with Gasteiger partial charge in [0.05, 0.1) is 0 Å². The van der Waals surface area contributed by atoms with Crippen LogP contribution in [0, 0.1) is 11.3 Å². The summed E-state index contributed by atoms with van der Waals surface area (Å²) in [7, 11) is 0. The fourth-order valence-electron chi connectivity index (χ4n) is 2.16. The molecule has 0 aromatic carbocycles. The molecule has 0 amide bonds. The second-order valence-electron chi connectivity index (χ2n) is 6.61. The van der Waals surface area contributed by atoms with Gasteiger partial charge in [-0.15, -0.1) is 0 Å². The van der Waals surface area contributed by atoms with Crippen LogP contribution in [0.2, 0.25) is 0 Å². The van der Waals surface area contributed by atoms with Crippen molar-refractivity contribution in [1.29, 1.82) is 5.26 Å². The molecule has 0 radical (unpaired) electrons. The smallest absolute Gasteiger partial charge is 0.198 e. The van der Waals surface area contributed by atoms with Crippen LogP contribution in [-0.2, 0) is 0 Å². The van der Waals surface area contributed by atoms with Gasteiger partial charge >= 0.3 is 0 Å². The average molecular weight is 451 g/mol. The maximum Gasteiger partial charge on any atom is 0.198 e. The lowest BCUT2D eigenvalue weighted by molar-refractivity contribution is 0.749. The molecule has 0 aliphatic rings. The monoisotopic (exact) mass is 450 g/mol. The largest absolute Gasteiger partial charge is 0.375 e. The molecule has 0 fully saturated rings. The number of hydrogen-bond donors (Lipinski definition) is 8. The maximum absolute atomic E-state index is 8.49. The Balaban J connectivity index is 3.96. The van der Waals surface area contributed by atoms with Gasteiger partial charge in [-0.2, -0.15) is 5.26 Å². The molecule has 0 saturated carbocycles. The summed E-state index contributed by atoms with van der Waals surface area (Å²) in [6.07, 6.45) is 4.83. The van der Waals surface area contributed by atoms with Crippen molar-refractivity contribution in [2.45, 2.75) is 38.5 Å². The van der Waals surface area contributed by atoms with Crippen LogP contribution in [-0.4, -0.2) is 68.9 Å². The molecule has 0 atom stereocenters. The number of nitriles is 1. The van der Waals surface area contributed by atoms with Gasteiger partial charge in [-0.05, 0) is 45.1 Å². The summed E-state index contributed by atoms with van der Waals surface area (Å²) in [6.45, 7) is 3.25. The van der Waals surface area contributed by atoms with E-state index >= 15 is 0 Å². The Kier molecular flexibility index (Phi) is 17.2. The first-order valence-electron chi connectivity index (χ1n) is 10.5. The zero-order valence-electron chi connectivity index (χ0n) is 18.6. The van der Waals surface area contributed by atoms with E-state index in [1.807, 2.05) is 0 Å². The molecule has 0 saturated heterocycles. The number of guanidine groups is 4. The SMILES string of the molecule is N#CC(N)=NCCCCN=C(N)NC(N)=NCCCCN=C(N)NC(N)=NCCCCN. The summed E-state index contributed by atoms with van der Waals surface area (Å²) in [5.41, 5.74) is 33.7. The van der Waals surface area contributed by atoms with E-state index in [0.29, 0.717) is 39.3 Å². The Labute approximate surface area is 189 Å². The molecule has 0 aromatic heterocycles. The summed E-state index contributed by atoms with van der Waals surface area (Å²) < 4.78 is 0. The Hall–Kier alpha value is -3.60. The molecular formula is C18H38N14. The van der Waals surface area contributed by atoms with E-state index in [4.69, 9.17) is 39.7 Å². The van der Waals surface area contributed by atoms with Gasteiger partial charge in [-0.1, -0.05) is 0 Å². The number of rotatable bonds is 14. The Morgan fingerprint density at radius 1 is 0.562 bits per heavy atom. The van der Waals surface area contributed by atoms with Gasteiger partial charge < -0.3 is 34.4 Å². The van der Waals surface area contributed by atoms with Gasteiger partial charge in [0.1, 0.15) is 6.07 Å². The number of amidine groups is 1. The normalized spacial score (nSPS) is 13.7. The molecule has 32 heavy (non-hydrogen) atoms. The van der Waals surface area contributed by atoms with Gasteiger partial charge in [0.15, 0.2) is 29.7 Å². The Morgan fingerprint density at radius 3 is 1.19 bits per heavy atom. The lowest BCUT2D eigenvalue weighted by Gasteiger charge is -2.05. The first-order valence-corrected chi connectivity index (χ1v) is 10.5. The van der Waals surface area contributed by atoms with E-state index in [1.165, 1.54) is 0 Å². The van der Waals surface area contributed by atoms with Crippen molar-refractivity contribution < 1.29 is 0 Å². The third-order valence-corrected chi connectivity index (χ3v) is 3.78. The number of nitrogens with one attached hydrogen (secondary N) is 2. The van der Waals surface area contributed by atoms with E-state index in [2.05, 4.69) is 35.6 Å². The van der Waals surface area contributed by atoms with Gasteiger partial charge in [-0.3, -0.25) is 35.6 Å². The Morgan fingerprint density at radius 2 is 0.875 bits per heavy atom. The summed E-state index contributed by atoms with van der Waals surface area (Å²) >= 11 is 0. The summed E-state index contributed by atoms with van der Waals surface area (Å²) in [6, 6.07) is 1.76. The van der Waals surface area contributed by atoms with Crippen LogP contribution in [0.4, 0.5) is 0 Å². The van der Waals surface area contributed by atoms with Crippen molar-refractivity contribution in [2.75, 3.05) is 39.3 Å². The third-order valence-electron chi connectivity index (χ3n) is 3.78. The van der Waals surface area contributed by atoms with E-state index < -0.39 is 0 Å². The minimum atomic E-state index is -0.0190. The van der Waals surface area contributed by atoms with E-state index in [9.17, 15) is 0 Å². The molecule has 0 rings (SSSR count). The number of nitrogens with two attached hydrogens (primary N) is 6. The lowest BCUT2D eigenvalue weighted by Crippen LogP contribution is -2.42. The van der Waals surface area contributed by atoms with Crippen molar-refractivity contribution in [3.8, 4) is 6.07 Å². The molecule has 0 bridgehead atoms. The summed E-state index contributed by atoms with van der Waals surface area (Å²) in [5, 5.41) is 14.0. The number of hydrogen-bond acceptors (Lipinski definition) is 7. The van der Waals surface area contributed by atoms with Gasteiger partial charge in [-0.25, -0.2) is 0 Å². The Bertz CT molecular complexity index is 701. The highest BCUT2D eigenvalue weighted by molar-refractivity contribution is 5.97. The number of aliphatic imine (C=N–C) groups is 5. The first kappa shape index (κ1) is 28.4. The van der Waals surface area contributed by atoms with Crippen molar-refractivity contribution in [2.24, 2.45) is 59.4 Å². The highest BCUT2D eigenvalue weighted by atomic mass is 15.2. The first-order chi connectivity index (χ1) is 15.4. The highest BCUT2D eigenvalue weighted by Gasteiger charge is 1.97. The molecule has 14 nitrogen and oxygen atoms in total. The van der Waals surface area contributed by atoms with Crippen LogP contribution >= 0.6 is 0 Å². The van der Waals surface area contributed by atoms with Crippen molar-refractivity contribution >= 4 is 29.7 Å². The molecule has 180 valence electrons. The molecular weight excluding hydrogens is 412 g/mol. The molecule has 0 aliphatic carbocycles. The predicted molar refractivity (Wildman–Crippen MR) is 131 cm³/mol. The average Bonchev–Trinajstić information content (AvgIpc) is 2.75. The quantitative estimate of drug-likeness (QED) is 0.0794. The molecule has 14 N–H and O–H groups in total. The van der Waals surface area contributed by atoms with Gasteiger partial charge in [0, 0.05) is 32.7 Å². The second kappa shape index (κ2) is 19.4. The minimum absolute atomic E-state index is 0.0190. The number of nitrogens with zero attached hydrogens (tertiary/aromatic N) is 6. The molecule has 0 heterocycles. The second-order valence-corrected chi connectivity index (χ2v) is 6.61. The van der Waals surface area contributed by atoms with Crippen LogP contribution in [0.3, 0.4) is 0 Å². The zero-order valence-corrected chi connectivity index (χ0v) is 18.6. The van der Waals surface area contributed by atoms with Crippen molar-refractivity contribution in [3.63, 3.8) is 0 Å². The van der Waals surface area contributed by atoms with Crippen molar-refractivity contribution in [1.82, 2.24) is 10.6 Å². The summed E-state index contributed by atoms with van der Waals surface area (Å²) in [5.74, 6) is 0.828.